The van der Waals surface area contributed by atoms with Crippen LogP contribution in [0.3, 0.4) is 0 Å². The summed E-state index contributed by atoms with van der Waals surface area (Å²) in [6.07, 6.45) is 0.779. The zero-order chi connectivity index (χ0) is 21.8. The molecule has 0 radical (unpaired) electrons. The molecule has 1 aromatic carbocycles. The van der Waals surface area contributed by atoms with Gasteiger partial charge in [0.2, 0.25) is 5.91 Å². The number of imide groups is 1. The fourth-order valence-electron chi connectivity index (χ4n) is 2.67. The number of rotatable bonds is 4. The van der Waals surface area contributed by atoms with Gasteiger partial charge in [0.05, 0.1) is 26.0 Å². The maximum absolute atomic E-state index is 12.5. The molecule has 9 nitrogen and oxygen atoms in total. The van der Waals surface area contributed by atoms with Crippen LogP contribution in [0.1, 0.15) is 32.8 Å². The van der Waals surface area contributed by atoms with Crippen LogP contribution >= 0.6 is 0 Å². The maximum atomic E-state index is 12.5. The minimum absolute atomic E-state index is 0.116. The summed E-state index contributed by atoms with van der Waals surface area (Å²) in [5, 5.41) is 2.80. The summed E-state index contributed by atoms with van der Waals surface area (Å²) in [6, 6.07) is 4.84. The Labute approximate surface area is 168 Å². The summed E-state index contributed by atoms with van der Waals surface area (Å²) in [4.78, 5) is 49.2. The molecule has 0 aromatic heterocycles. The van der Waals surface area contributed by atoms with Crippen molar-refractivity contribution in [2.24, 2.45) is 0 Å². The minimum atomic E-state index is -0.751. The van der Waals surface area contributed by atoms with Gasteiger partial charge in [0.25, 0.3) is 0 Å². The first kappa shape index (κ1) is 21.9. The zero-order valence-electron chi connectivity index (χ0n) is 17.0. The highest BCUT2D eigenvalue weighted by Gasteiger charge is 2.33. The summed E-state index contributed by atoms with van der Waals surface area (Å²) in [5.41, 5.74) is 0.739. The molecule has 0 unspecified atom stereocenters. The molecule has 29 heavy (non-hydrogen) atoms. The number of ether oxygens (including phenoxy) is 3. The fourth-order valence-corrected chi connectivity index (χ4v) is 2.67. The summed E-state index contributed by atoms with van der Waals surface area (Å²) >= 11 is 0. The number of hydrogen-bond acceptors (Lipinski definition) is 8. The molecule has 156 valence electrons. The minimum Gasteiger partial charge on any atom is -0.466 e. The van der Waals surface area contributed by atoms with E-state index < -0.39 is 23.6 Å². The van der Waals surface area contributed by atoms with Crippen LogP contribution in [0.5, 0.6) is 0 Å². The van der Waals surface area contributed by atoms with E-state index in [1.165, 1.54) is 14.2 Å². The van der Waals surface area contributed by atoms with Crippen molar-refractivity contribution in [3.8, 4) is 0 Å². The number of carbonyl (C=O) groups excluding carboxylic acids is 4. The maximum Gasteiger partial charge on any atom is 0.421 e. The monoisotopic (exact) mass is 404 g/mol. The average Bonchev–Trinajstić information content (AvgIpc) is 2.65. The lowest BCUT2D eigenvalue weighted by Crippen LogP contribution is -2.43. The van der Waals surface area contributed by atoms with Crippen LogP contribution in [0.15, 0.2) is 30.0 Å². The number of aryl methyl sites for hydroxylation is 1. The second-order valence-electron chi connectivity index (χ2n) is 7.25. The van der Waals surface area contributed by atoms with Gasteiger partial charge in [-0.3, -0.25) is 4.79 Å². The molecule has 0 saturated heterocycles. The number of anilines is 2. The molecular weight excluding hydrogens is 380 g/mol. The van der Waals surface area contributed by atoms with E-state index in [0.717, 1.165) is 11.0 Å². The van der Waals surface area contributed by atoms with Gasteiger partial charge < -0.3 is 19.5 Å². The van der Waals surface area contributed by atoms with E-state index in [4.69, 9.17) is 4.74 Å². The van der Waals surface area contributed by atoms with Crippen molar-refractivity contribution >= 4 is 35.3 Å². The number of methoxy groups -OCH3 is 2. The van der Waals surface area contributed by atoms with Crippen molar-refractivity contribution in [2.45, 2.75) is 39.2 Å². The van der Waals surface area contributed by atoms with Crippen molar-refractivity contribution in [3.05, 3.63) is 35.5 Å². The lowest BCUT2D eigenvalue weighted by molar-refractivity contribution is -0.138. The molecule has 1 heterocycles. The van der Waals surface area contributed by atoms with Crippen LogP contribution in [0.4, 0.5) is 16.2 Å². The van der Waals surface area contributed by atoms with Gasteiger partial charge in [0.15, 0.2) is 0 Å². The van der Waals surface area contributed by atoms with Crippen molar-refractivity contribution in [2.75, 3.05) is 24.4 Å². The predicted molar refractivity (Wildman–Crippen MR) is 104 cm³/mol. The van der Waals surface area contributed by atoms with Gasteiger partial charge in [0.1, 0.15) is 11.3 Å². The molecule has 0 bridgehead atoms. The molecule has 0 spiro atoms. The van der Waals surface area contributed by atoms with Crippen LogP contribution < -0.4 is 10.2 Å². The molecule has 0 aliphatic carbocycles. The number of esters is 2. The number of nitrogens with one attached hydrogen (secondary N) is 1. The Morgan fingerprint density at radius 2 is 1.79 bits per heavy atom. The SMILES string of the molecule is COC(=O)/C=C(/Nc1ccc2c(c1)CCC(=O)N2C(=O)OC(C)(C)C)C(=O)OC. The molecule has 9 heteroatoms. The summed E-state index contributed by atoms with van der Waals surface area (Å²) < 4.78 is 14.5. The molecule has 1 N–H and O–H groups in total. The molecule has 1 aliphatic rings. The van der Waals surface area contributed by atoms with Crippen LogP contribution in [0, 0.1) is 0 Å². The van der Waals surface area contributed by atoms with E-state index in [0.29, 0.717) is 23.4 Å². The van der Waals surface area contributed by atoms with Gasteiger partial charge in [0, 0.05) is 12.1 Å². The predicted octanol–water partition coefficient (Wildman–Crippen LogP) is 2.54. The van der Waals surface area contributed by atoms with Gasteiger partial charge in [-0.2, -0.15) is 0 Å². The Balaban J connectivity index is 2.33. The lowest BCUT2D eigenvalue weighted by atomic mass is 10.0. The summed E-state index contributed by atoms with van der Waals surface area (Å²) in [6.45, 7) is 5.15. The normalized spacial score (nSPS) is 14.0. The standard InChI is InChI=1S/C20H24N2O7/c1-20(2,3)29-19(26)22-15-8-7-13(10-12(15)6-9-16(22)23)21-14(18(25)28-5)11-17(24)27-4/h7-8,10-11,21H,6,9H2,1-5H3/b14-11+. The highest BCUT2D eigenvalue weighted by molar-refractivity contribution is 6.14. The quantitative estimate of drug-likeness (QED) is 0.463. The third-order valence-electron chi connectivity index (χ3n) is 3.90. The number of carbonyl (C=O) groups is 4. The number of hydrogen-bond donors (Lipinski definition) is 1. The van der Waals surface area contributed by atoms with Crippen LogP contribution in [-0.2, 0) is 35.0 Å². The first-order valence-electron chi connectivity index (χ1n) is 8.89. The van der Waals surface area contributed by atoms with E-state index in [2.05, 4.69) is 14.8 Å². The van der Waals surface area contributed by atoms with Crippen molar-refractivity contribution in [1.82, 2.24) is 0 Å². The third-order valence-corrected chi connectivity index (χ3v) is 3.90. The smallest absolute Gasteiger partial charge is 0.421 e. The van der Waals surface area contributed by atoms with Crippen molar-refractivity contribution < 1.29 is 33.4 Å². The van der Waals surface area contributed by atoms with E-state index in [-0.39, 0.29) is 18.0 Å². The van der Waals surface area contributed by atoms with Crippen LogP contribution in [-0.4, -0.2) is 43.8 Å². The van der Waals surface area contributed by atoms with Crippen molar-refractivity contribution in [1.29, 1.82) is 0 Å². The summed E-state index contributed by atoms with van der Waals surface area (Å²) in [7, 11) is 2.38. The molecule has 1 aromatic rings. The molecule has 1 aliphatic heterocycles. The van der Waals surface area contributed by atoms with E-state index >= 15 is 0 Å². The number of benzene rings is 1. The first-order valence-corrected chi connectivity index (χ1v) is 8.89. The van der Waals surface area contributed by atoms with Crippen LogP contribution in [0.2, 0.25) is 0 Å². The topological polar surface area (TPSA) is 111 Å². The van der Waals surface area contributed by atoms with Gasteiger partial charge in [-0.25, -0.2) is 19.3 Å². The van der Waals surface area contributed by atoms with Gasteiger partial charge in [-0.1, -0.05) is 0 Å². The lowest BCUT2D eigenvalue weighted by Gasteiger charge is -2.30. The van der Waals surface area contributed by atoms with E-state index in [9.17, 15) is 19.2 Å². The highest BCUT2D eigenvalue weighted by atomic mass is 16.6. The van der Waals surface area contributed by atoms with E-state index in [1.807, 2.05) is 0 Å². The average molecular weight is 404 g/mol. The Morgan fingerprint density at radius 1 is 1.10 bits per heavy atom. The molecular formula is C20H24N2O7. The number of fused-ring (bicyclic) bond motifs is 1. The Bertz CT molecular complexity index is 868. The molecule has 2 amide bonds. The highest BCUT2D eigenvalue weighted by Crippen LogP contribution is 2.32. The largest absolute Gasteiger partial charge is 0.466 e. The Hall–Kier alpha value is -3.36. The van der Waals surface area contributed by atoms with Gasteiger partial charge >= 0.3 is 18.0 Å². The molecule has 2 rings (SSSR count). The van der Waals surface area contributed by atoms with Gasteiger partial charge in [-0.15, -0.1) is 0 Å². The number of amides is 2. The molecule has 0 fully saturated rings. The van der Waals surface area contributed by atoms with Crippen LogP contribution in [0.25, 0.3) is 0 Å². The molecule has 0 atom stereocenters. The second kappa shape index (κ2) is 8.76. The fraction of sp³-hybridized carbons (Fsp3) is 0.400. The first-order chi connectivity index (χ1) is 13.6. The van der Waals surface area contributed by atoms with Crippen molar-refractivity contribution in [3.63, 3.8) is 0 Å². The summed E-state index contributed by atoms with van der Waals surface area (Å²) in [5.74, 6) is -1.83. The van der Waals surface area contributed by atoms with Gasteiger partial charge in [-0.05, 0) is 51.0 Å². The third kappa shape index (κ3) is 5.56. The Morgan fingerprint density at radius 3 is 2.38 bits per heavy atom. The number of nitrogens with zero attached hydrogens (tertiary/aromatic N) is 1. The Kier molecular flexibility index (Phi) is 6.63. The second-order valence-corrected chi connectivity index (χ2v) is 7.25. The molecule has 0 saturated carbocycles. The van der Waals surface area contributed by atoms with E-state index in [1.54, 1.807) is 39.0 Å². The zero-order valence-corrected chi connectivity index (χ0v) is 17.0.